The highest BCUT2D eigenvalue weighted by molar-refractivity contribution is 6.30. The molecule has 4 aliphatic heterocycles. The predicted molar refractivity (Wildman–Crippen MR) is 216 cm³/mol. The molecule has 1 atom stereocenters. The summed E-state index contributed by atoms with van der Waals surface area (Å²) in [5.41, 5.74) is 8.32. The van der Waals surface area contributed by atoms with Gasteiger partial charge in [-0.2, -0.15) is 5.10 Å². The molecule has 3 fully saturated rings. The molecule has 1 spiro atoms. The molecular formula is C43H43ClN10O3. The van der Waals surface area contributed by atoms with Crippen LogP contribution in [0.25, 0.3) is 16.8 Å². The van der Waals surface area contributed by atoms with Crippen LogP contribution in [0.1, 0.15) is 83.6 Å². The topological polar surface area (TPSA) is 143 Å². The van der Waals surface area contributed by atoms with Crippen molar-refractivity contribution in [1.29, 1.82) is 0 Å². The van der Waals surface area contributed by atoms with Crippen LogP contribution in [0.2, 0.25) is 5.02 Å². The van der Waals surface area contributed by atoms with E-state index in [4.69, 9.17) is 21.7 Å². The number of piperidine rings is 2. The lowest BCUT2D eigenvalue weighted by Crippen LogP contribution is -2.52. The number of hydrogen-bond donors (Lipinski definition) is 2. The molecule has 5 aliphatic rings. The molecule has 5 aromatic rings. The monoisotopic (exact) mass is 782 g/mol. The van der Waals surface area contributed by atoms with E-state index >= 15 is 0 Å². The van der Waals surface area contributed by atoms with Crippen LogP contribution in [0.3, 0.4) is 0 Å². The molecule has 6 heterocycles. The smallest absolute Gasteiger partial charge is 0.255 e. The van der Waals surface area contributed by atoms with Gasteiger partial charge in [0.15, 0.2) is 5.82 Å². The highest BCUT2D eigenvalue weighted by atomic mass is 35.5. The van der Waals surface area contributed by atoms with Crippen LogP contribution < -0.4 is 10.6 Å². The highest BCUT2D eigenvalue weighted by Crippen LogP contribution is 2.52. The molecule has 0 bridgehead atoms. The number of carbonyl (C=O) groups is 3. The number of fused-ring (bicyclic) bond motifs is 5. The molecule has 1 saturated carbocycles. The van der Waals surface area contributed by atoms with Gasteiger partial charge in [-0.3, -0.25) is 33.9 Å². The number of aryl methyl sites for hydroxylation is 2. The van der Waals surface area contributed by atoms with E-state index in [0.717, 1.165) is 115 Å². The van der Waals surface area contributed by atoms with Crippen LogP contribution in [-0.2, 0) is 28.2 Å². The molecule has 0 radical (unpaired) electrons. The molecule has 1 aliphatic carbocycles. The number of aliphatic imine (C=N–C) groups is 1. The van der Waals surface area contributed by atoms with Gasteiger partial charge in [-0.05, 0) is 94.0 Å². The third-order valence-corrected chi connectivity index (χ3v) is 12.5. The van der Waals surface area contributed by atoms with E-state index in [9.17, 15) is 14.4 Å². The number of anilines is 1. The number of rotatable bonds is 9. The standard InChI is InChI=1S/C43H43ClN10O3/c1-26-49-50-42-43(16-17-43)48-39(27-6-9-30(44)10-7-27)33-22-28(8-11-36(33)54(26)42)29-23-45-52(24-29)19-3-18-51-20-14-31(15-21-51)46-35-5-2-4-32-34(35)25-53(41(32)57)37-12-13-38(55)47-40(37)56/h2,4-11,22-24,31,37,46H,3,12-21,25H2,1H3,(H,47,55,56). The molecule has 14 heteroatoms. The van der Waals surface area contributed by atoms with E-state index < -0.39 is 6.04 Å². The molecule has 1 unspecified atom stereocenters. The van der Waals surface area contributed by atoms with E-state index in [1.165, 1.54) is 0 Å². The predicted octanol–water partition coefficient (Wildman–Crippen LogP) is 5.66. The number of carbonyl (C=O) groups excluding carboxylic acids is 3. The lowest BCUT2D eigenvalue weighted by atomic mass is 9.96. The molecule has 3 aromatic carbocycles. The Balaban J connectivity index is 0.772. The molecule has 2 aromatic heterocycles. The Morgan fingerprint density at radius 2 is 1.72 bits per heavy atom. The summed E-state index contributed by atoms with van der Waals surface area (Å²) in [7, 11) is 0. The van der Waals surface area contributed by atoms with Crippen LogP contribution in [0, 0.1) is 6.92 Å². The van der Waals surface area contributed by atoms with Crippen molar-refractivity contribution in [1.82, 2.24) is 39.7 Å². The number of halogens is 1. The first-order valence-electron chi connectivity index (χ1n) is 19.9. The van der Waals surface area contributed by atoms with Gasteiger partial charge in [-0.1, -0.05) is 35.9 Å². The molecule has 2 N–H and O–H groups in total. The van der Waals surface area contributed by atoms with Crippen LogP contribution >= 0.6 is 11.6 Å². The number of nitrogens with one attached hydrogen (secondary N) is 2. The summed E-state index contributed by atoms with van der Waals surface area (Å²) in [4.78, 5) is 47.0. The number of imide groups is 1. The zero-order chi connectivity index (χ0) is 38.8. The van der Waals surface area contributed by atoms with Crippen LogP contribution in [0.4, 0.5) is 5.69 Å². The third kappa shape index (κ3) is 6.52. The molecule has 10 rings (SSSR count). The van der Waals surface area contributed by atoms with Crippen molar-refractivity contribution in [2.24, 2.45) is 4.99 Å². The normalized spacial score (nSPS) is 20.2. The van der Waals surface area contributed by atoms with Gasteiger partial charge in [0.05, 0.1) is 17.6 Å². The van der Waals surface area contributed by atoms with Gasteiger partial charge in [0.1, 0.15) is 17.4 Å². The number of nitrogens with zero attached hydrogens (tertiary/aromatic N) is 8. The number of aromatic nitrogens is 5. The molecule has 3 amide bonds. The average Bonchev–Trinajstić information content (AvgIpc) is 3.49. The third-order valence-electron chi connectivity index (χ3n) is 12.3. The second-order valence-electron chi connectivity index (χ2n) is 16.0. The average molecular weight is 783 g/mol. The summed E-state index contributed by atoms with van der Waals surface area (Å²) >= 11 is 6.29. The number of likely N-dealkylation sites (tertiary alicyclic amines) is 1. The first-order chi connectivity index (χ1) is 27.7. The zero-order valence-corrected chi connectivity index (χ0v) is 32.5. The summed E-state index contributed by atoms with van der Waals surface area (Å²) in [6.07, 6.45) is 9.55. The van der Waals surface area contributed by atoms with E-state index in [2.05, 4.69) is 54.7 Å². The van der Waals surface area contributed by atoms with Crippen LogP contribution in [0.15, 0.2) is 78.0 Å². The minimum absolute atomic E-state index is 0.147. The summed E-state index contributed by atoms with van der Waals surface area (Å²) < 4.78 is 4.22. The van der Waals surface area contributed by atoms with Gasteiger partial charge in [-0.15, -0.1) is 10.2 Å². The van der Waals surface area contributed by atoms with E-state index in [1.54, 1.807) is 4.90 Å². The summed E-state index contributed by atoms with van der Waals surface area (Å²) in [6.45, 7) is 6.15. The fourth-order valence-electron chi connectivity index (χ4n) is 8.99. The maximum atomic E-state index is 13.3. The van der Waals surface area contributed by atoms with Gasteiger partial charge < -0.3 is 15.1 Å². The quantitative estimate of drug-likeness (QED) is 0.183. The summed E-state index contributed by atoms with van der Waals surface area (Å²) in [6, 6.07) is 19.9. The summed E-state index contributed by atoms with van der Waals surface area (Å²) in [5.74, 6) is 0.940. The zero-order valence-electron chi connectivity index (χ0n) is 31.7. The van der Waals surface area contributed by atoms with Gasteiger partial charge in [-0.25, -0.2) is 0 Å². The number of amides is 3. The number of hydrogen-bond acceptors (Lipinski definition) is 9. The van der Waals surface area contributed by atoms with Crippen molar-refractivity contribution in [3.05, 3.63) is 112 Å². The fraction of sp³-hybridized carbons (Fsp3) is 0.372. The van der Waals surface area contributed by atoms with Crippen molar-refractivity contribution in [2.75, 3.05) is 25.0 Å². The Bertz CT molecular complexity index is 2460. The maximum absolute atomic E-state index is 13.3. The molecule has 57 heavy (non-hydrogen) atoms. The molecule has 13 nitrogen and oxygen atoms in total. The Morgan fingerprint density at radius 1 is 0.912 bits per heavy atom. The molecule has 290 valence electrons. The van der Waals surface area contributed by atoms with E-state index in [1.807, 2.05) is 60.3 Å². The highest BCUT2D eigenvalue weighted by Gasteiger charge is 2.51. The van der Waals surface area contributed by atoms with Crippen molar-refractivity contribution >= 4 is 40.7 Å². The van der Waals surface area contributed by atoms with Crippen molar-refractivity contribution < 1.29 is 14.4 Å². The lowest BCUT2D eigenvalue weighted by Gasteiger charge is -2.33. The van der Waals surface area contributed by atoms with Crippen molar-refractivity contribution in [2.45, 2.75) is 82.6 Å². The Hall–Kier alpha value is -5.66. The fourth-order valence-corrected chi connectivity index (χ4v) is 9.12. The first-order valence-corrected chi connectivity index (χ1v) is 20.3. The second-order valence-corrected chi connectivity index (χ2v) is 16.4. The van der Waals surface area contributed by atoms with Crippen LogP contribution in [0.5, 0.6) is 0 Å². The minimum atomic E-state index is -0.617. The van der Waals surface area contributed by atoms with Crippen molar-refractivity contribution in [3.8, 4) is 16.8 Å². The summed E-state index contributed by atoms with van der Waals surface area (Å²) in [5, 5.41) is 20.6. The SMILES string of the molecule is Cc1nnc2n1-c1ccc(-c3cnn(CCCN4CCC(Nc5cccc6c5CN(C5CCC(=O)NC5=O)C6=O)CC4)c3)cc1C(c1ccc(Cl)cc1)=NC21CC1. The van der Waals surface area contributed by atoms with Gasteiger partial charge >= 0.3 is 0 Å². The molecule has 2 saturated heterocycles. The Morgan fingerprint density at radius 3 is 2.51 bits per heavy atom. The Kier molecular flexibility index (Phi) is 8.82. The maximum Gasteiger partial charge on any atom is 0.255 e. The number of benzene rings is 3. The Labute approximate surface area is 335 Å². The first kappa shape index (κ1) is 35.7. The van der Waals surface area contributed by atoms with Gasteiger partial charge in [0.2, 0.25) is 11.8 Å². The van der Waals surface area contributed by atoms with Crippen molar-refractivity contribution in [3.63, 3.8) is 0 Å². The lowest BCUT2D eigenvalue weighted by molar-refractivity contribution is -0.136. The van der Waals surface area contributed by atoms with Gasteiger partial charge in [0.25, 0.3) is 5.91 Å². The van der Waals surface area contributed by atoms with E-state index in [0.29, 0.717) is 29.6 Å². The second kappa shape index (κ2) is 14.1. The molecular weight excluding hydrogens is 740 g/mol. The van der Waals surface area contributed by atoms with Gasteiger partial charge in [0, 0.05) is 83.4 Å². The van der Waals surface area contributed by atoms with Crippen LogP contribution in [-0.4, -0.2) is 89.5 Å². The minimum Gasteiger partial charge on any atom is -0.382 e. The van der Waals surface area contributed by atoms with E-state index in [-0.39, 0.29) is 29.7 Å². The largest absolute Gasteiger partial charge is 0.382 e.